The van der Waals surface area contributed by atoms with Crippen molar-refractivity contribution in [3.63, 3.8) is 0 Å². The van der Waals surface area contributed by atoms with Crippen LogP contribution in [0, 0.1) is 0 Å². The second kappa shape index (κ2) is 7.52. The molecule has 2 amide bonds. The van der Waals surface area contributed by atoms with Crippen LogP contribution in [0.4, 0.5) is 13.2 Å². The minimum absolute atomic E-state index is 0.131. The standard InChI is InChI=1S/C15H17F3N2O4/c1-10(14(22)20-6-8-23-9-7-20)19-13(21)11-2-4-12(5-3-11)24-15(16,17)18/h2-5,10H,6-9H2,1H3,(H,19,21)/t10-/m1/s1. The lowest BCUT2D eigenvalue weighted by molar-refractivity contribution is -0.274. The molecule has 1 aromatic rings. The van der Waals surface area contributed by atoms with Gasteiger partial charge in [-0.2, -0.15) is 0 Å². The van der Waals surface area contributed by atoms with E-state index in [-0.39, 0.29) is 11.5 Å². The fourth-order valence-electron chi connectivity index (χ4n) is 2.21. The normalized spacial score (nSPS) is 16.4. The lowest BCUT2D eigenvalue weighted by atomic mass is 10.2. The van der Waals surface area contributed by atoms with Crippen LogP contribution in [0.2, 0.25) is 0 Å². The summed E-state index contributed by atoms with van der Waals surface area (Å²) in [6.45, 7) is 3.38. The van der Waals surface area contributed by atoms with Gasteiger partial charge in [0.05, 0.1) is 13.2 Å². The Labute approximate surface area is 136 Å². The number of amides is 2. The van der Waals surface area contributed by atoms with E-state index in [0.29, 0.717) is 26.3 Å². The molecule has 0 spiro atoms. The molecule has 1 saturated heterocycles. The number of halogens is 3. The summed E-state index contributed by atoms with van der Waals surface area (Å²) in [5.74, 6) is -1.21. The number of morpholine rings is 1. The van der Waals surface area contributed by atoms with E-state index in [0.717, 1.165) is 12.1 Å². The average Bonchev–Trinajstić information content (AvgIpc) is 2.54. The molecule has 6 nitrogen and oxygen atoms in total. The van der Waals surface area contributed by atoms with E-state index in [9.17, 15) is 22.8 Å². The number of rotatable bonds is 4. The van der Waals surface area contributed by atoms with Gasteiger partial charge in [0, 0.05) is 18.7 Å². The monoisotopic (exact) mass is 346 g/mol. The second-order valence-corrected chi connectivity index (χ2v) is 5.20. The van der Waals surface area contributed by atoms with Crippen LogP contribution in [-0.2, 0) is 9.53 Å². The average molecular weight is 346 g/mol. The summed E-state index contributed by atoms with van der Waals surface area (Å²) in [5.41, 5.74) is 0.131. The minimum Gasteiger partial charge on any atom is -0.406 e. The maximum absolute atomic E-state index is 12.2. The Morgan fingerprint density at radius 2 is 1.79 bits per heavy atom. The van der Waals surface area contributed by atoms with Crippen LogP contribution in [0.3, 0.4) is 0 Å². The Morgan fingerprint density at radius 1 is 1.21 bits per heavy atom. The van der Waals surface area contributed by atoms with Gasteiger partial charge in [0.2, 0.25) is 5.91 Å². The Morgan fingerprint density at radius 3 is 2.33 bits per heavy atom. The molecule has 0 radical (unpaired) electrons. The molecule has 2 rings (SSSR count). The Hall–Kier alpha value is -2.29. The zero-order chi connectivity index (χ0) is 17.7. The molecule has 0 saturated carbocycles. The quantitative estimate of drug-likeness (QED) is 0.899. The number of alkyl halides is 3. The molecule has 0 unspecified atom stereocenters. The number of nitrogens with zero attached hydrogens (tertiary/aromatic N) is 1. The predicted molar refractivity (Wildman–Crippen MR) is 77.5 cm³/mol. The zero-order valence-corrected chi connectivity index (χ0v) is 12.9. The number of carbonyl (C=O) groups excluding carboxylic acids is 2. The van der Waals surface area contributed by atoms with Gasteiger partial charge in [0.1, 0.15) is 11.8 Å². The van der Waals surface area contributed by atoms with Gasteiger partial charge in [-0.15, -0.1) is 13.2 Å². The Kier molecular flexibility index (Phi) is 5.66. The van der Waals surface area contributed by atoms with E-state index in [1.165, 1.54) is 12.1 Å². The van der Waals surface area contributed by atoms with Gasteiger partial charge < -0.3 is 19.7 Å². The van der Waals surface area contributed by atoms with Crippen molar-refractivity contribution < 1.29 is 32.2 Å². The molecule has 1 aliphatic rings. The molecular weight excluding hydrogens is 329 g/mol. The predicted octanol–water partition coefficient (Wildman–Crippen LogP) is 1.56. The molecular formula is C15H17F3N2O4. The van der Waals surface area contributed by atoms with Crippen LogP contribution in [0.5, 0.6) is 5.75 Å². The van der Waals surface area contributed by atoms with E-state index in [1.54, 1.807) is 11.8 Å². The Balaban J connectivity index is 1.92. The molecule has 1 N–H and O–H groups in total. The van der Waals surface area contributed by atoms with E-state index in [1.807, 2.05) is 0 Å². The highest BCUT2D eigenvalue weighted by molar-refractivity contribution is 5.97. The lowest BCUT2D eigenvalue weighted by Crippen LogP contribution is -2.50. The van der Waals surface area contributed by atoms with Gasteiger partial charge in [-0.05, 0) is 31.2 Å². The van der Waals surface area contributed by atoms with Crippen molar-refractivity contribution in [2.24, 2.45) is 0 Å². The molecule has 1 fully saturated rings. The minimum atomic E-state index is -4.79. The highest BCUT2D eigenvalue weighted by atomic mass is 19.4. The summed E-state index contributed by atoms with van der Waals surface area (Å²) in [7, 11) is 0. The van der Waals surface area contributed by atoms with E-state index < -0.39 is 24.1 Å². The molecule has 24 heavy (non-hydrogen) atoms. The van der Waals surface area contributed by atoms with Gasteiger partial charge in [-0.1, -0.05) is 0 Å². The molecule has 1 heterocycles. The van der Waals surface area contributed by atoms with Crippen molar-refractivity contribution >= 4 is 11.8 Å². The highest BCUT2D eigenvalue weighted by Gasteiger charge is 2.31. The van der Waals surface area contributed by atoms with E-state index >= 15 is 0 Å². The molecule has 0 aliphatic carbocycles. The first-order valence-electron chi connectivity index (χ1n) is 7.29. The molecule has 1 aromatic carbocycles. The first-order chi connectivity index (χ1) is 11.3. The SMILES string of the molecule is C[C@@H](NC(=O)c1ccc(OC(F)(F)F)cc1)C(=O)N1CCOCC1. The number of carbonyl (C=O) groups is 2. The van der Waals surface area contributed by atoms with Crippen LogP contribution in [0.25, 0.3) is 0 Å². The van der Waals surface area contributed by atoms with Gasteiger partial charge in [0.15, 0.2) is 0 Å². The van der Waals surface area contributed by atoms with Crippen molar-refractivity contribution in [1.29, 1.82) is 0 Å². The van der Waals surface area contributed by atoms with E-state index in [4.69, 9.17) is 4.74 Å². The van der Waals surface area contributed by atoms with E-state index in [2.05, 4.69) is 10.1 Å². The van der Waals surface area contributed by atoms with Crippen molar-refractivity contribution in [1.82, 2.24) is 10.2 Å². The number of hydrogen-bond acceptors (Lipinski definition) is 4. The summed E-state index contributed by atoms with van der Waals surface area (Å²) in [4.78, 5) is 25.8. The lowest BCUT2D eigenvalue weighted by Gasteiger charge is -2.29. The number of ether oxygens (including phenoxy) is 2. The van der Waals surface area contributed by atoms with Gasteiger partial charge in [0.25, 0.3) is 5.91 Å². The zero-order valence-electron chi connectivity index (χ0n) is 12.9. The largest absolute Gasteiger partial charge is 0.573 e. The summed E-state index contributed by atoms with van der Waals surface area (Å²) in [5, 5.41) is 2.53. The fourth-order valence-corrected chi connectivity index (χ4v) is 2.21. The van der Waals surface area contributed by atoms with Crippen LogP contribution < -0.4 is 10.1 Å². The van der Waals surface area contributed by atoms with Crippen LogP contribution >= 0.6 is 0 Å². The van der Waals surface area contributed by atoms with Crippen LogP contribution in [0.15, 0.2) is 24.3 Å². The Bertz CT molecular complexity index is 583. The maximum Gasteiger partial charge on any atom is 0.573 e. The maximum atomic E-state index is 12.2. The molecule has 1 aliphatic heterocycles. The molecule has 9 heteroatoms. The fraction of sp³-hybridized carbons (Fsp3) is 0.467. The first-order valence-corrected chi connectivity index (χ1v) is 7.29. The topological polar surface area (TPSA) is 67.9 Å². The molecule has 132 valence electrons. The molecule has 0 aromatic heterocycles. The van der Waals surface area contributed by atoms with Crippen molar-refractivity contribution in [2.45, 2.75) is 19.3 Å². The van der Waals surface area contributed by atoms with Gasteiger partial charge >= 0.3 is 6.36 Å². The van der Waals surface area contributed by atoms with Crippen molar-refractivity contribution in [2.75, 3.05) is 26.3 Å². The summed E-state index contributed by atoms with van der Waals surface area (Å²) >= 11 is 0. The second-order valence-electron chi connectivity index (χ2n) is 5.20. The summed E-state index contributed by atoms with van der Waals surface area (Å²) < 4.78 is 45.1. The van der Waals surface area contributed by atoms with Gasteiger partial charge in [-0.3, -0.25) is 9.59 Å². The third-order valence-corrected chi connectivity index (χ3v) is 3.39. The van der Waals surface area contributed by atoms with Crippen molar-refractivity contribution in [3.05, 3.63) is 29.8 Å². The highest BCUT2D eigenvalue weighted by Crippen LogP contribution is 2.22. The molecule has 0 bridgehead atoms. The third-order valence-electron chi connectivity index (χ3n) is 3.39. The van der Waals surface area contributed by atoms with Crippen LogP contribution in [0.1, 0.15) is 17.3 Å². The number of benzene rings is 1. The first kappa shape index (κ1) is 18.1. The van der Waals surface area contributed by atoms with Gasteiger partial charge in [-0.25, -0.2) is 0 Å². The number of hydrogen-bond donors (Lipinski definition) is 1. The third kappa shape index (κ3) is 5.12. The summed E-state index contributed by atoms with van der Waals surface area (Å²) in [6.07, 6.45) is -4.79. The van der Waals surface area contributed by atoms with Crippen molar-refractivity contribution in [3.8, 4) is 5.75 Å². The smallest absolute Gasteiger partial charge is 0.406 e. The number of nitrogens with one attached hydrogen (secondary N) is 1. The molecule has 1 atom stereocenters. The summed E-state index contributed by atoms with van der Waals surface area (Å²) in [6, 6.07) is 3.72. The van der Waals surface area contributed by atoms with Crippen LogP contribution in [-0.4, -0.2) is 55.4 Å².